The largest absolute Gasteiger partial charge is 0.453 e. The molecule has 13 nitrogen and oxygen atoms in total. The summed E-state index contributed by atoms with van der Waals surface area (Å²) < 4.78 is 4.76. The van der Waals surface area contributed by atoms with Gasteiger partial charge in [0.05, 0.1) is 55.4 Å². The third-order valence-corrected chi connectivity index (χ3v) is 10.7. The highest BCUT2D eigenvalue weighted by atomic mass is 16.5. The van der Waals surface area contributed by atoms with Crippen molar-refractivity contribution in [2.45, 2.75) is 76.9 Å². The van der Waals surface area contributed by atoms with Crippen molar-refractivity contribution in [2.24, 2.45) is 11.8 Å². The van der Waals surface area contributed by atoms with Crippen molar-refractivity contribution in [3.63, 3.8) is 0 Å². The number of carbonyl (C=O) groups excluding carboxylic acids is 3. The predicted molar refractivity (Wildman–Crippen MR) is 203 cm³/mol. The Labute approximate surface area is 314 Å². The van der Waals surface area contributed by atoms with Crippen LogP contribution in [0.2, 0.25) is 0 Å². The SMILES string of the molecule is COC(=O)NC(C(=O)N1CCCC1c1ncc(-c2ccc(-c3ccc(-c4cnc([C@@H]5CCCCC5C(=O)NCc5cnccn5)[nH]4)cc3)cc2)[nH]1)C(C)C. The molecule has 54 heavy (non-hydrogen) atoms. The van der Waals surface area contributed by atoms with Crippen LogP contribution in [0.5, 0.6) is 0 Å². The molecule has 3 aromatic heterocycles. The number of methoxy groups -OCH3 is 1. The van der Waals surface area contributed by atoms with Crippen LogP contribution in [0.3, 0.4) is 0 Å². The van der Waals surface area contributed by atoms with E-state index in [1.54, 1.807) is 18.6 Å². The Bertz CT molecular complexity index is 2040. The molecule has 2 fully saturated rings. The number of aromatic amines is 2. The Morgan fingerprint density at radius 1 is 0.796 bits per heavy atom. The molecule has 280 valence electrons. The predicted octanol–water partition coefficient (Wildman–Crippen LogP) is 6.56. The van der Waals surface area contributed by atoms with Crippen molar-refractivity contribution in [1.29, 1.82) is 0 Å². The van der Waals surface area contributed by atoms with E-state index in [0.29, 0.717) is 13.1 Å². The van der Waals surface area contributed by atoms with E-state index >= 15 is 0 Å². The van der Waals surface area contributed by atoms with Gasteiger partial charge in [0.1, 0.15) is 17.7 Å². The summed E-state index contributed by atoms with van der Waals surface area (Å²) in [4.78, 5) is 65.3. The van der Waals surface area contributed by atoms with Gasteiger partial charge in [-0.15, -0.1) is 0 Å². The molecule has 1 saturated heterocycles. The summed E-state index contributed by atoms with van der Waals surface area (Å²) >= 11 is 0. The van der Waals surface area contributed by atoms with Gasteiger partial charge < -0.3 is 30.2 Å². The normalized spacial score (nSPS) is 19.0. The van der Waals surface area contributed by atoms with Gasteiger partial charge in [-0.1, -0.05) is 75.2 Å². The zero-order valence-corrected chi connectivity index (χ0v) is 30.9. The lowest BCUT2D eigenvalue weighted by molar-refractivity contribution is -0.135. The Morgan fingerprint density at radius 3 is 2.06 bits per heavy atom. The van der Waals surface area contributed by atoms with E-state index in [1.165, 1.54) is 7.11 Å². The number of hydrogen-bond donors (Lipinski definition) is 4. The molecule has 1 saturated carbocycles. The molecule has 0 bridgehead atoms. The Kier molecular flexibility index (Phi) is 11.1. The Balaban J connectivity index is 0.988. The number of H-pyrrole nitrogens is 2. The van der Waals surface area contributed by atoms with Crippen LogP contribution in [0.15, 0.2) is 79.5 Å². The summed E-state index contributed by atoms with van der Waals surface area (Å²) in [6, 6.07) is 15.8. The lowest BCUT2D eigenvalue weighted by Gasteiger charge is -2.30. The highest BCUT2D eigenvalue weighted by Gasteiger charge is 2.38. The number of ether oxygens (including phenoxy) is 1. The first-order valence-corrected chi connectivity index (χ1v) is 18.8. The number of nitrogens with one attached hydrogen (secondary N) is 4. The molecule has 3 unspecified atom stereocenters. The van der Waals surface area contributed by atoms with Crippen molar-refractivity contribution >= 4 is 17.9 Å². The van der Waals surface area contributed by atoms with Gasteiger partial charge in [0.25, 0.3) is 0 Å². The summed E-state index contributed by atoms with van der Waals surface area (Å²) in [6.45, 7) is 4.78. The number of carbonyl (C=O) groups is 3. The third kappa shape index (κ3) is 8.04. The van der Waals surface area contributed by atoms with Crippen LogP contribution in [0, 0.1) is 11.8 Å². The molecule has 0 spiro atoms. The van der Waals surface area contributed by atoms with Crippen molar-refractivity contribution < 1.29 is 19.1 Å². The quantitative estimate of drug-likeness (QED) is 0.118. The second kappa shape index (κ2) is 16.4. The van der Waals surface area contributed by atoms with Crippen LogP contribution in [0.4, 0.5) is 4.79 Å². The Morgan fingerprint density at radius 2 is 1.43 bits per heavy atom. The lowest BCUT2D eigenvalue weighted by Crippen LogP contribution is -2.51. The fourth-order valence-electron chi connectivity index (χ4n) is 7.70. The van der Waals surface area contributed by atoms with E-state index in [9.17, 15) is 14.4 Å². The zero-order chi connectivity index (χ0) is 37.6. The van der Waals surface area contributed by atoms with E-state index in [-0.39, 0.29) is 35.6 Å². The number of benzene rings is 2. The van der Waals surface area contributed by atoms with E-state index in [0.717, 1.165) is 89.5 Å². The molecular weight excluding hydrogens is 683 g/mol. The smallest absolute Gasteiger partial charge is 0.407 e. The molecule has 2 aromatic carbocycles. The molecule has 4 atom stereocenters. The van der Waals surface area contributed by atoms with Crippen molar-refractivity contribution in [3.05, 3.63) is 96.9 Å². The average molecular weight is 730 g/mol. The van der Waals surface area contributed by atoms with E-state index < -0.39 is 12.1 Å². The summed E-state index contributed by atoms with van der Waals surface area (Å²) in [5.74, 6) is 1.28. The minimum Gasteiger partial charge on any atom is -0.453 e. The molecule has 4 heterocycles. The van der Waals surface area contributed by atoms with Crippen LogP contribution in [-0.4, -0.2) is 72.4 Å². The summed E-state index contributed by atoms with van der Waals surface area (Å²) in [6.07, 6.45) is 13.5. The van der Waals surface area contributed by atoms with Gasteiger partial charge in [0, 0.05) is 30.8 Å². The van der Waals surface area contributed by atoms with Gasteiger partial charge in [-0.25, -0.2) is 14.8 Å². The first-order chi connectivity index (χ1) is 26.3. The molecule has 7 rings (SSSR count). The molecule has 4 N–H and O–H groups in total. The van der Waals surface area contributed by atoms with Crippen LogP contribution in [0.1, 0.15) is 81.7 Å². The number of amides is 3. The van der Waals surface area contributed by atoms with E-state index in [2.05, 4.69) is 84.1 Å². The van der Waals surface area contributed by atoms with Gasteiger partial charge in [-0.3, -0.25) is 19.6 Å². The van der Waals surface area contributed by atoms with Crippen molar-refractivity contribution in [3.8, 4) is 33.6 Å². The number of rotatable bonds is 11. The molecular formula is C41H47N9O4. The first kappa shape index (κ1) is 36.5. The van der Waals surface area contributed by atoms with E-state index in [1.807, 2.05) is 31.1 Å². The summed E-state index contributed by atoms with van der Waals surface area (Å²) in [5.41, 5.74) is 6.72. The summed E-state index contributed by atoms with van der Waals surface area (Å²) in [7, 11) is 1.29. The van der Waals surface area contributed by atoms with Crippen LogP contribution in [0.25, 0.3) is 33.6 Å². The number of alkyl carbamates (subject to hydrolysis) is 1. The lowest BCUT2D eigenvalue weighted by atomic mass is 9.78. The average Bonchev–Trinajstić information content (AvgIpc) is 4.01. The van der Waals surface area contributed by atoms with Crippen LogP contribution in [-0.2, 0) is 20.9 Å². The fraction of sp³-hybridized carbons (Fsp3) is 0.390. The molecule has 3 amide bonds. The number of likely N-dealkylation sites (tertiary alicyclic amines) is 1. The van der Waals surface area contributed by atoms with Crippen molar-refractivity contribution in [1.82, 2.24) is 45.4 Å². The number of hydrogen-bond acceptors (Lipinski definition) is 8. The summed E-state index contributed by atoms with van der Waals surface area (Å²) in [5, 5.41) is 5.76. The Hall–Kier alpha value is -5.85. The number of aromatic nitrogens is 6. The molecule has 5 aromatic rings. The van der Waals surface area contributed by atoms with Gasteiger partial charge in [0.2, 0.25) is 11.8 Å². The number of imidazole rings is 2. The van der Waals surface area contributed by atoms with E-state index in [4.69, 9.17) is 9.72 Å². The van der Waals surface area contributed by atoms with Gasteiger partial charge in [-0.05, 0) is 53.9 Å². The molecule has 1 aliphatic carbocycles. The zero-order valence-electron chi connectivity index (χ0n) is 30.9. The third-order valence-electron chi connectivity index (χ3n) is 10.7. The topological polar surface area (TPSA) is 171 Å². The monoisotopic (exact) mass is 729 g/mol. The maximum atomic E-state index is 13.5. The second-order valence-electron chi connectivity index (χ2n) is 14.5. The highest BCUT2D eigenvalue weighted by molar-refractivity contribution is 5.86. The second-order valence-corrected chi connectivity index (χ2v) is 14.5. The maximum absolute atomic E-state index is 13.5. The van der Waals surface area contributed by atoms with Gasteiger partial charge in [0.15, 0.2) is 0 Å². The standard InChI is InChI=1S/C41H47N9O4/c1-25(2)36(49-41(53)54-3)40(52)50-20-6-9-35(50)38-45-24-34(48-38)29-16-12-27(13-17-29)26-10-14-28(15-11-26)33-23-44-37(47-33)31-7-4-5-8-32(31)39(51)46-22-30-21-42-18-19-43-30/h10-19,21,23-25,31-32,35-36H,4-9,20,22H2,1-3H3,(H,44,47)(H,45,48)(H,46,51)(H,49,53)/t31-,32?,35?,36?/m1/s1. The molecule has 0 radical (unpaired) electrons. The first-order valence-electron chi connectivity index (χ1n) is 18.8. The van der Waals surface area contributed by atoms with Crippen LogP contribution < -0.4 is 10.6 Å². The molecule has 1 aliphatic heterocycles. The molecule has 2 aliphatic rings. The number of nitrogens with zero attached hydrogens (tertiary/aromatic N) is 5. The fourth-order valence-corrected chi connectivity index (χ4v) is 7.70. The van der Waals surface area contributed by atoms with Crippen molar-refractivity contribution in [2.75, 3.05) is 13.7 Å². The maximum Gasteiger partial charge on any atom is 0.407 e. The van der Waals surface area contributed by atoms with Gasteiger partial charge in [-0.2, -0.15) is 0 Å². The molecule has 13 heteroatoms. The minimum absolute atomic E-state index is 0.0326. The van der Waals surface area contributed by atoms with Crippen LogP contribution >= 0.6 is 0 Å². The highest BCUT2D eigenvalue weighted by Crippen LogP contribution is 2.38. The van der Waals surface area contributed by atoms with Gasteiger partial charge >= 0.3 is 6.09 Å². The minimum atomic E-state index is -0.678.